The molecule has 0 spiro atoms. The van der Waals surface area contributed by atoms with Gasteiger partial charge in [-0.25, -0.2) is 4.58 Å². The molecule has 3 nitrogen and oxygen atoms in total. The Kier molecular flexibility index (Phi) is 4.05. The Bertz CT molecular complexity index is 410. The predicted octanol–water partition coefficient (Wildman–Crippen LogP) is 2.30. The average molecular weight is 267 g/mol. The molecular formula is C14H23N2OS+. The Morgan fingerprint density at radius 1 is 1.50 bits per heavy atom. The summed E-state index contributed by atoms with van der Waals surface area (Å²) in [5.74, 6) is 2.18. The molecule has 2 aliphatic rings. The number of nitrogens with zero attached hydrogens (tertiary/aromatic N) is 2. The van der Waals surface area contributed by atoms with Gasteiger partial charge in [0, 0.05) is 12.6 Å². The zero-order valence-electron chi connectivity index (χ0n) is 11.8. The van der Waals surface area contributed by atoms with Gasteiger partial charge in [0.05, 0.1) is 11.3 Å². The van der Waals surface area contributed by atoms with Gasteiger partial charge in [-0.05, 0) is 32.9 Å². The molecule has 2 heterocycles. The molecule has 0 atom stereocenters. The van der Waals surface area contributed by atoms with E-state index in [0.717, 1.165) is 25.6 Å². The summed E-state index contributed by atoms with van der Waals surface area (Å²) < 4.78 is 8.06. The molecule has 0 bridgehead atoms. The first kappa shape index (κ1) is 13.5. The van der Waals surface area contributed by atoms with Gasteiger partial charge in [0.2, 0.25) is 5.04 Å². The minimum atomic E-state index is 0.112. The third-order valence-electron chi connectivity index (χ3n) is 3.42. The molecule has 1 fully saturated rings. The van der Waals surface area contributed by atoms with Gasteiger partial charge in [-0.1, -0.05) is 11.8 Å². The van der Waals surface area contributed by atoms with Crippen molar-refractivity contribution in [2.75, 3.05) is 32.5 Å². The van der Waals surface area contributed by atoms with E-state index in [1.54, 1.807) is 0 Å². The SMILES string of the molecule is CCN1C(=CC=CC2=[N+](C)CCS2)OCC1(C)C. The van der Waals surface area contributed by atoms with Crippen molar-refractivity contribution in [3.05, 3.63) is 24.1 Å². The molecule has 2 rings (SSSR count). The van der Waals surface area contributed by atoms with Crippen LogP contribution in [0.25, 0.3) is 0 Å². The molecule has 2 aliphatic heterocycles. The molecule has 1 saturated heterocycles. The highest BCUT2D eigenvalue weighted by Crippen LogP contribution is 2.28. The zero-order valence-corrected chi connectivity index (χ0v) is 12.6. The summed E-state index contributed by atoms with van der Waals surface area (Å²) in [4.78, 5) is 2.31. The van der Waals surface area contributed by atoms with Gasteiger partial charge >= 0.3 is 0 Å². The lowest BCUT2D eigenvalue weighted by Crippen LogP contribution is -2.39. The number of likely N-dealkylation sites (N-methyl/N-ethyl adjacent to an activating group) is 1. The third kappa shape index (κ3) is 2.74. The van der Waals surface area contributed by atoms with Crippen LogP contribution in [0.4, 0.5) is 0 Å². The molecule has 0 radical (unpaired) electrons. The number of thioether (sulfide) groups is 1. The summed E-state index contributed by atoms with van der Waals surface area (Å²) in [6, 6.07) is 0. The van der Waals surface area contributed by atoms with Crippen LogP contribution in [0, 0.1) is 0 Å². The highest BCUT2D eigenvalue weighted by atomic mass is 32.2. The lowest BCUT2D eigenvalue weighted by atomic mass is 10.1. The molecule has 0 unspecified atom stereocenters. The quantitative estimate of drug-likeness (QED) is 0.730. The first-order chi connectivity index (χ1) is 8.54. The van der Waals surface area contributed by atoms with Gasteiger partial charge in [0.1, 0.15) is 13.7 Å². The van der Waals surface area contributed by atoms with Crippen LogP contribution >= 0.6 is 11.8 Å². The van der Waals surface area contributed by atoms with Crippen molar-refractivity contribution in [1.82, 2.24) is 4.90 Å². The van der Waals surface area contributed by atoms with Crippen molar-refractivity contribution in [3.63, 3.8) is 0 Å². The van der Waals surface area contributed by atoms with Crippen LogP contribution < -0.4 is 0 Å². The predicted molar refractivity (Wildman–Crippen MR) is 78.2 cm³/mol. The molecule has 0 aromatic heterocycles. The number of ether oxygens (including phenoxy) is 1. The largest absolute Gasteiger partial charge is 0.477 e. The van der Waals surface area contributed by atoms with E-state index < -0.39 is 0 Å². The van der Waals surface area contributed by atoms with Gasteiger partial charge in [-0.2, -0.15) is 0 Å². The van der Waals surface area contributed by atoms with Crippen LogP contribution in [0.3, 0.4) is 0 Å². The van der Waals surface area contributed by atoms with E-state index in [1.165, 1.54) is 10.8 Å². The lowest BCUT2D eigenvalue weighted by Gasteiger charge is -2.28. The molecular weight excluding hydrogens is 244 g/mol. The summed E-state index contributed by atoms with van der Waals surface area (Å²) in [5.41, 5.74) is 0.112. The molecule has 0 aromatic carbocycles. The molecule has 18 heavy (non-hydrogen) atoms. The van der Waals surface area contributed by atoms with E-state index in [2.05, 4.69) is 55.5 Å². The number of hydrogen-bond acceptors (Lipinski definition) is 3. The van der Waals surface area contributed by atoms with Crippen LogP contribution in [0.2, 0.25) is 0 Å². The van der Waals surface area contributed by atoms with Gasteiger partial charge in [-0.3, -0.25) is 0 Å². The highest BCUT2D eigenvalue weighted by Gasteiger charge is 2.35. The number of allylic oxidation sites excluding steroid dienone is 2. The summed E-state index contributed by atoms with van der Waals surface area (Å²) in [7, 11) is 2.14. The summed E-state index contributed by atoms with van der Waals surface area (Å²) in [6.07, 6.45) is 6.36. The van der Waals surface area contributed by atoms with Crippen LogP contribution in [0.1, 0.15) is 20.8 Å². The van der Waals surface area contributed by atoms with E-state index in [4.69, 9.17) is 4.74 Å². The standard InChI is InChI=1S/C14H23N2OS/c1-5-16-12(17-11-14(16,2)3)7-6-8-13-15(4)9-10-18-13/h6-8H,5,9-11H2,1-4H3/q+1. The molecule has 0 aliphatic carbocycles. The van der Waals surface area contributed by atoms with E-state index in [1.807, 2.05) is 11.8 Å². The Hall–Kier alpha value is -0.900. The van der Waals surface area contributed by atoms with Crippen molar-refractivity contribution in [3.8, 4) is 0 Å². The summed E-state index contributed by atoms with van der Waals surface area (Å²) >= 11 is 1.91. The fraction of sp³-hybridized carbons (Fsp3) is 0.643. The minimum Gasteiger partial charge on any atom is -0.477 e. The molecule has 0 saturated carbocycles. The normalized spacial score (nSPS) is 25.6. The Morgan fingerprint density at radius 3 is 2.89 bits per heavy atom. The van der Waals surface area contributed by atoms with Gasteiger partial charge in [0.25, 0.3) is 0 Å². The Balaban J connectivity index is 2.06. The van der Waals surface area contributed by atoms with Crippen molar-refractivity contribution in [2.45, 2.75) is 26.3 Å². The second-order valence-corrected chi connectivity index (χ2v) is 6.43. The van der Waals surface area contributed by atoms with E-state index in [9.17, 15) is 0 Å². The van der Waals surface area contributed by atoms with Crippen LogP contribution in [-0.2, 0) is 4.74 Å². The molecule has 0 N–H and O–H groups in total. The minimum absolute atomic E-state index is 0.112. The third-order valence-corrected chi connectivity index (χ3v) is 4.55. The maximum atomic E-state index is 5.77. The maximum Gasteiger partial charge on any atom is 0.234 e. The van der Waals surface area contributed by atoms with Gasteiger partial charge < -0.3 is 9.64 Å². The smallest absolute Gasteiger partial charge is 0.234 e. The number of rotatable bonds is 3. The van der Waals surface area contributed by atoms with E-state index in [0.29, 0.717) is 0 Å². The van der Waals surface area contributed by atoms with Crippen molar-refractivity contribution in [2.24, 2.45) is 0 Å². The van der Waals surface area contributed by atoms with Crippen LogP contribution in [0.15, 0.2) is 24.1 Å². The molecule has 100 valence electrons. The first-order valence-corrected chi connectivity index (χ1v) is 7.53. The molecule has 0 aromatic rings. The fourth-order valence-corrected chi connectivity index (χ4v) is 3.38. The molecule has 4 heteroatoms. The maximum absolute atomic E-state index is 5.77. The van der Waals surface area contributed by atoms with E-state index in [-0.39, 0.29) is 5.54 Å². The van der Waals surface area contributed by atoms with Crippen molar-refractivity contribution in [1.29, 1.82) is 0 Å². The monoisotopic (exact) mass is 267 g/mol. The van der Waals surface area contributed by atoms with Crippen molar-refractivity contribution >= 4 is 16.8 Å². The summed E-state index contributed by atoms with van der Waals surface area (Å²) in [6.45, 7) is 9.51. The Labute approximate surface area is 114 Å². The van der Waals surface area contributed by atoms with E-state index >= 15 is 0 Å². The van der Waals surface area contributed by atoms with Gasteiger partial charge in [-0.15, -0.1) is 0 Å². The van der Waals surface area contributed by atoms with Gasteiger partial charge in [0.15, 0.2) is 12.4 Å². The summed E-state index contributed by atoms with van der Waals surface area (Å²) in [5, 5.41) is 1.34. The first-order valence-electron chi connectivity index (χ1n) is 6.54. The van der Waals surface area contributed by atoms with Crippen LogP contribution in [0.5, 0.6) is 0 Å². The topological polar surface area (TPSA) is 15.5 Å². The lowest BCUT2D eigenvalue weighted by molar-refractivity contribution is -0.485. The highest BCUT2D eigenvalue weighted by molar-refractivity contribution is 8.14. The fourth-order valence-electron chi connectivity index (χ4n) is 2.32. The zero-order chi connectivity index (χ0) is 13.2. The Morgan fingerprint density at radius 2 is 2.28 bits per heavy atom. The number of hydrogen-bond donors (Lipinski definition) is 0. The second kappa shape index (κ2) is 5.39. The second-order valence-electron chi connectivity index (χ2n) is 5.32. The van der Waals surface area contributed by atoms with Crippen LogP contribution in [-0.4, -0.2) is 52.6 Å². The van der Waals surface area contributed by atoms with Crippen molar-refractivity contribution < 1.29 is 9.31 Å². The average Bonchev–Trinajstić information content (AvgIpc) is 2.83. The molecule has 0 amide bonds.